The zero-order valence-corrected chi connectivity index (χ0v) is 13.2. The summed E-state index contributed by atoms with van der Waals surface area (Å²) in [6.07, 6.45) is 2.53. The Hall–Kier alpha value is -1.68. The number of rotatable bonds is 4. The summed E-state index contributed by atoms with van der Waals surface area (Å²) in [7, 11) is 1.82. The van der Waals surface area contributed by atoms with Crippen molar-refractivity contribution in [2.24, 2.45) is 0 Å². The van der Waals surface area contributed by atoms with Gasteiger partial charge in [-0.2, -0.15) is 0 Å². The van der Waals surface area contributed by atoms with Gasteiger partial charge in [-0.1, -0.05) is 17.7 Å². The predicted molar refractivity (Wildman–Crippen MR) is 83.8 cm³/mol. The maximum atomic E-state index is 12.4. The van der Waals surface area contributed by atoms with Gasteiger partial charge >= 0.3 is 0 Å². The van der Waals surface area contributed by atoms with E-state index in [1.807, 2.05) is 50.4 Å². The Kier molecular flexibility index (Phi) is 4.90. The van der Waals surface area contributed by atoms with Gasteiger partial charge < -0.3 is 4.90 Å². The summed E-state index contributed by atoms with van der Waals surface area (Å²) < 4.78 is 0.831. The van der Waals surface area contributed by atoms with Gasteiger partial charge in [0.1, 0.15) is 0 Å². The fraction of sp³-hybridized carbons (Fsp3) is 0.250. The fourth-order valence-electron chi connectivity index (χ4n) is 1.94. The van der Waals surface area contributed by atoms with Crippen molar-refractivity contribution in [3.05, 3.63) is 63.9 Å². The average molecular weight is 333 g/mol. The number of hydrogen-bond donors (Lipinski definition) is 0. The fourth-order valence-corrected chi connectivity index (χ4v) is 2.35. The van der Waals surface area contributed by atoms with E-state index < -0.39 is 0 Å². The lowest BCUT2D eigenvalue weighted by Gasteiger charge is -2.18. The summed E-state index contributed by atoms with van der Waals surface area (Å²) in [5.74, 6) is 0.0245. The van der Waals surface area contributed by atoms with Crippen molar-refractivity contribution in [2.45, 2.75) is 13.3 Å². The van der Waals surface area contributed by atoms with Crippen molar-refractivity contribution in [3.63, 3.8) is 0 Å². The second-order valence-corrected chi connectivity index (χ2v) is 5.64. The minimum absolute atomic E-state index is 0.0245. The van der Waals surface area contributed by atoms with Gasteiger partial charge in [0.15, 0.2) is 0 Å². The minimum Gasteiger partial charge on any atom is -0.341 e. The number of benzene rings is 1. The molecule has 0 radical (unpaired) electrons. The molecule has 0 bridgehead atoms. The molecule has 20 heavy (non-hydrogen) atoms. The number of nitrogens with zero attached hydrogens (tertiary/aromatic N) is 2. The topological polar surface area (TPSA) is 33.2 Å². The van der Waals surface area contributed by atoms with Crippen molar-refractivity contribution in [1.29, 1.82) is 0 Å². The van der Waals surface area contributed by atoms with E-state index in [0.29, 0.717) is 12.1 Å². The maximum Gasteiger partial charge on any atom is 0.254 e. The molecule has 0 aliphatic heterocycles. The molecule has 0 saturated carbocycles. The number of aryl methyl sites for hydroxylation is 1. The summed E-state index contributed by atoms with van der Waals surface area (Å²) in [5.41, 5.74) is 2.78. The number of carbonyl (C=O) groups excluding carboxylic acids is 1. The van der Waals surface area contributed by atoms with E-state index in [1.165, 1.54) is 0 Å². The molecule has 0 aliphatic carbocycles. The first-order chi connectivity index (χ1) is 9.58. The average Bonchev–Trinajstić information content (AvgIpc) is 2.47. The van der Waals surface area contributed by atoms with Gasteiger partial charge in [-0.3, -0.25) is 9.78 Å². The molecule has 0 atom stereocenters. The summed E-state index contributed by atoms with van der Waals surface area (Å²) in [5, 5.41) is 0. The third-order valence-electron chi connectivity index (χ3n) is 3.13. The number of likely N-dealkylation sites (N-methyl/N-ethyl adjacent to an activating group) is 1. The number of amides is 1. The zero-order chi connectivity index (χ0) is 14.5. The Bertz CT molecular complexity index is 599. The van der Waals surface area contributed by atoms with Crippen LogP contribution in [0.25, 0.3) is 0 Å². The number of hydrogen-bond acceptors (Lipinski definition) is 2. The molecule has 1 amide bonds. The first-order valence-electron chi connectivity index (χ1n) is 6.49. The van der Waals surface area contributed by atoms with Crippen LogP contribution in [0, 0.1) is 6.92 Å². The highest BCUT2D eigenvalue weighted by atomic mass is 79.9. The first-order valence-corrected chi connectivity index (χ1v) is 7.29. The van der Waals surface area contributed by atoms with Gasteiger partial charge in [0, 0.05) is 36.4 Å². The van der Waals surface area contributed by atoms with Crippen molar-refractivity contribution < 1.29 is 4.79 Å². The SMILES string of the molecule is Cc1ccc(Br)c(C(=O)N(C)CCc2ccccn2)c1. The molecule has 1 aromatic heterocycles. The molecular formula is C16H17BrN2O. The highest BCUT2D eigenvalue weighted by Gasteiger charge is 2.14. The molecule has 3 nitrogen and oxygen atoms in total. The molecule has 104 valence electrons. The molecule has 4 heteroatoms. The first kappa shape index (κ1) is 14.7. The lowest BCUT2D eigenvalue weighted by atomic mass is 10.1. The lowest BCUT2D eigenvalue weighted by Crippen LogP contribution is -2.29. The minimum atomic E-state index is 0.0245. The van der Waals surface area contributed by atoms with Gasteiger partial charge in [-0.25, -0.2) is 0 Å². The second kappa shape index (κ2) is 6.66. The van der Waals surface area contributed by atoms with E-state index in [4.69, 9.17) is 0 Å². The lowest BCUT2D eigenvalue weighted by molar-refractivity contribution is 0.0795. The van der Waals surface area contributed by atoms with Crippen LogP contribution in [0.3, 0.4) is 0 Å². The number of carbonyl (C=O) groups is 1. The van der Waals surface area contributed by atoms with E-state index in [2.05, 4.69) is 20.9 Å². The summed E-state index contributed by atoms with van der Waals surface area (Å²) >= 11 is 3.44. The van der Waals surface area contributed by atoms with Crippen molar-refractivity contribution in [1.82, 2.24) is 9.88 Å². The molecule has 1 heterocycles. The van der Waals surface area contributed by atoms with E-state index in [9.17, 15) is 4.79 Å². The molecule has 2 aromatic rings. The monoisotopic (exact) mass is 332 g/mol. The van der Waals surface area contributed by atoms with Crippen LogP contribution in [0.4, 0.5) is 0 Å². The Morgan fingerprint density at radius 1 is 1.30 bits per heavy atom. The molecule has 0 fully saturated rings. The Morgan fingerprint density at radius 3 is 2.80 bits per heavy atom. The van der Waals surface area contributed by atoms with E-state index in [-0.39, 0.29) is 5.91 Å². The molecule has 0 saturated heterocycles. The van der Waals surface area contributed by atoms with Gasteiger partial charge in [-0.15, -0.1) is 0 Å². The van der Waals surface area contributed by atoms with Crippen LogP contribution in [0.2, 0.25) is 0 Å². The third kappa shape index (κ3) is 3.67. The molecule has 0 aliphatic rings. The predicted octanol–water partition coefficient (Wildman–Crippen LogP) is 3.47. The van der Waals surface area contributed by atoms with Crippen LogP contribution in [-0.4, -0.2) is 29.4 Å². The van der Waals surface area contributed by atoms with Crippen molar-refractivity contribution in [3.8, 4) is 0 Å². The van der Waals surface area contributed by atoms with Crippen molar-refractivity contribution >= 4 is 21.8 Å². The van der Waals surface area contributed by atoms with Crippen LogP contribution >= 0.6 is 15.9 Å². The number of halogens is 1. The Balaban J connectivity index is 2.03. The third-order valence-corrected chi connectivity index (χ3v) is 3.82. The maximum absolute atomic E-state index is 12.4. The van der Waals surface area contributed by atoms with Crippen LogP contribution in [0.15, 0.2) is 47.1 Å². The molecule has 1 aromatic carbocycles. The van der Waals surface area contributed by atoms with Gasteiger partial charge in [-0.05, 0) is 47.1 Å². The quantitative estimate of drug-likeness (QED) is 0.858. The molecular weight excluding hydrogens is 316 g/mol. The number of pyridine rings is 1. The highest BCUT2D eigenvalue weighted by Crippen LogP contribution is 2.19. The van der Waals surface area contributed by atoms with Crippen LogP contribution < -0.4 is 0 Å². The molecule has 0 N–H and O–H groups in total. The Labute approximate surface area is 127 Å². The van der Waals surface area contributed by atoms with Gasteiger partial charge in [0.25, 0.3) is 5.91 Å². The van der Waals surface area contributed by atoms with Gasteiger partial charge in [0.05, 0.1) is 5.56 Å². The molecule has 0 unspecified atom stereocenters. The molecule has 0 spiro atoms. The zero-order valence-electron chi connectivity index (χ0n) is 11.6. The van der Waals surface area contributed by atoms with Crippen LogP contribution in [0.1, 0.15) is 21.6 Å². The van der Waals surface area contributed by atoms with E-state index in [0.717, 1.165) is 22.2 Å². The smallest absolute Gasteiger partial charge is 0.254 e. The van der Waals surface area contributed by atoms with Crippen LogP contribution in [0.5, 0.6) is 0 Å². The van der Waals surface area contributed by atoms with Crippen molar-refractivity contribution in [2.75, 3.05) is 13.6 Å². The summed E-state index contributed by atoms with van der Waals surface area (Å²) in [4.78, 5) is 18.4. The normalized spacial score (nSPS) is 10.3. The van der Waals surface area contributed by atoms with Gasteiger partial charge in [0.2, 0.25) is 0 Å². The van der Waals surface area contributed by atoms with Crippen LogP contribution in [-0.2, 0) is 6.42 Å². The molecule has 2 rings (SSSR count). The standard InChI is InChI=1S/C16H17BrN2O/c1-12-6-7-15(17)14(11-12)16(20)19(2)10-8-13-5-3-4-9-18-13/h3-7,9,11H,8,10H2,1-2H3. The second-order valence-electron chi connectivity index (χ2n) is 4.78. The van der Waals surface area contributed by atoms with E-state index >= 15 is 0 Å². The summed E-state index contributed by atoms with van der Waals surface area (Å²) in [6, 6.07) is 11.6. The number of aromatic nitrogens is 1. The Morgan fingerprint density at radius 2 is 2.10 bits per heavy atom. The summed E-state index contributed by atoms with van der Waals surface area (Å²) in [6.45, 7) is 2.63. The van der Waals surface area contributed by atoms with E-state index in [1.54, 1.807) is 11.1 Å². The highest BCUT2D eigenvalue weighted by molar-refractivity contribution is 9.10. The largest absolute Gasteiger partial charge is 0.341 e.